The van der Waals surface area contributed by atoms with E-state index in [-0.39, 0.29) is 17.8 Å². The lowest BCUT2D eigenvalue weighted by molar-refractivity contribution is -0.145. The molecule has 1 saturated heterocycles. The summed E-state index contributed by atoms with van der Waals surface area (Å²) in [6.07, 6.45) is 3.79. The maximum absolute atomic E-state index is 12.1. The number of methoxy groups -OCH3 is 1. The minimum atomic E-state index is -0.265. The minimum Gasteiger partial charge on any atom is -0.469 e. The molecule has 6 heteroatoms. The van der Waals surface area contributed by atoms with Crippen molar-refractivity contribution in [2.45, 2.75) is 6.42 Å². The second-order valence-corrected chi connectivity index (χ2v) is 5.61. The highest BCUT2D eigenvalue weighted by molar-refractivity contribution is 6.42. The number of ether oxygens (including phenoxy) is 1. The van der Waals surface area contributed by atoms with Gasteiger partial charge in [-0.25, -0.2) is 0 Å². The van der Waals surface area contributed by atoms with Crippen molar-refractivity contribution < 1.29 is 14.3 Å². The second-order valence-electron chi connectivity index (χ2n) is 4.80. The molecule has 0 spiro atoms. The molecule has 1 amide bonds. The van der Waals surface area contributed by atoms with E-state index in [1.165, 1.54) is 13.2 Å². The van der Waals surface area contributed by atoms with Crippen LogP contribution >= 0.6 is 23.2 Å². The molecule has 0 saturated carbocycles. The zero-order chi connectivity index (χ0) is 15.4. The van der Waals surface area contributed by atoms with Crippen LogP contribution in [0.25, 0.3) is 6.08 Å². The molecule has 4 nitrogen and oxygen atoms in total. The number of carbonyl (C=O) groups is 2. The molecule has 1 aliphatic rings. The number of hydrogen-bond acceptors (Lipinski definition) is 3. The van der Waals surface area contributed by atoms with Gasteiger partial charge in [-0.05, 0) is 30.2 Å². The Hall–Kier alpha value is -1.52. The molecule has 21 heavy (non-hydrogen) atoms. The van der Waals surface area contributed by atoms with Crippen LogP contribution in [-0.4, -0.2) is 37.0 Å². The van der Waals surface area contributed by atoms with E-state index in [4.69, 9.17) is 27.9 Å². The molecular formula is C15H15Cl2NO3. The summed E-state index contributed by atoms with van der Waals surface area (Å²) in [6.45, 7) is 0.960. The van der Waals surface area contributed by atoms with E-state index in [0.29, 0.717) is 29.6 Å². The first-order valence-corrected chi connectivity index (χ1v) is 7.26. The molecule has 1 heterocycles. The molecular weight excluding hydrogens is 313 g/mol. The SMILES string of the molecule is COC(=O)C1CCN(C(=O)/C=C/c2ccc(Cl)c(Cl)c2)C1. The minimum absolute atomic E-state index is 0.132. The summed E-state index contributed by atoms with van der Waals surface area (Å²) in [7, 11) is 1.36. The van der Waals surface area contributed by atoms with E-state index in [9.17, 15) is 9.59 Å². The molecule has 1 aromatic rings. The molecule has 1 aliphatic heterocycles. The molecule has 0 aromatic heterocycles. The smallest absolute Gasteiger partial charge is 0.310 e. The van der Waals surface area contributed by atoms with Gasteiger partial charge in [0, 0.05) is 19.2 Å². The van der Waals surface area contributed by atoms with Crippen molar-refractivity contribution >= 4 is 41.2 Å². The van der Waals surface area contributed by atoms with Gasteiger partial charge in [-0.2, -0.15) is 0 Å². The third-order valence-corrected chi connectivity index (χ3v) is 4.14. The molecule has 0 aliphatic carbocycles. The van der Waals surface area contributed by atoms with Crippen molar-refractivity contribution in [1.29, 1.82) is 0 Å². The van der Waals surface area contributed by atoms with Crippen LogP contribution in [0.15, 0.2) is 24.3 Å². The largest absolute Gasteiger partial charge is 0.469 e. The first kappa shape index (κ1) is 15.9. The lowest BCUT2D eigenvalue weighted by atomic mass is 10.1. The van der Waals surface area contributed by atoms with Crippen LogP contribution in [0.2, 0.25) is 10.0 Å². The summed E-state index contributed by atoms with van der Waals surface area (Å²) < 4.78 is 4.69. The summed E-state index contributed by atoms with van der Waals surface area (Å²) >= 11 is 11.7. The van der Waals surface area contributed by atoms with Crippen molar-refractivity contribution in [3.63, 3.8) is 0 Å². The Labute approximate surface area is 133 Å². The maximum atomic E-state index is 12.1. The standard InChI is InChI=1S/C15H15Cl2NO3/c1-21-15(20)11-6-7-18(9-11)14(19)5-3-10-2-4-12(16)13(17)8-10/h2-5,8,11H,6-7,9H2,1H3/b5-3+. The lowest BCUT2D eigenvalue weighted by Crippen LogP contribution is -2.28. The van der Waals surface area contributed by atoms with Crippen LogP contribution in [0.1, 0.15) is 12.0 Å². The molecule has 1 aromatic carbocycles. The number of nitrogens with zero attached hydrogens (tertiary/aromatic N) is 1. The average molecular weight is 328 g/mol. The van der Waals surface area contributed by atoms with Gasteiger partial charge in [0.2, 0.25) is 5.91 Å². The van der Waals surface area contributed by atoms with Crippen molar-refractivity contribution in [2.75, 3.05) is 20.2 Å². The van der Waals surface area contributed by atoms with Crippen LogP contribution in [0, 0.1) is 5.92 Å². The lowest BCUT2D eigenvalue weighted by Gasteiger charge is -2.13. The van der Waals surface area contributed by atoms with E-state index in [1.54, 1.807) is 29.2 Å². The van der Waals surface area contributed by atoms with Gasteiger partial charge < -0.3 is 9.64 Å². The fraction of sp³-hybridized carbons (Fsp3) is 0.333. The van der Waals surface area contributed by atoms with Gasteiger partial charge >= 0.3 is 5.97 Å². The molecule has 0 radical (unpaired) electrons. The van der Waals surface area contributed by atoms with Gasteiger partial charge in [-0.3, -0.25) is 9.59 Å². The Balaban J connectivity index is 1.97. The molecule has 0 N–H and O–H groups in total. The van der Waals surface area contributed by atoms with E-state index in [1.807, 2.05) is 0 Å². The zero-order valence-electron chi connectivity index (χ0n) is 11.5. The summed E-state index contributed by atoms with van der Waals surface area (Å²) in [5, 5.41) is 0.916. The van der Waals surface area contributed by atoms with Crippen molar-refractivity contribution in [3.8, 4) is 0 Å². The van der Waals surface area contributed by atoms with Gasteiger partial charge in [0.1, 0.15) is 0 Å². The predicted molar refractivity (Wildman–Crippen MR) is 82.2 cm³/mol. The number of hydrogen-bond donors (Lipinski definition) is 0. The quantitative estimate of drug-likeness (QED) is 0.633. The highest BCUT2D eigenvalue weighted by atomic mass is 35.5. The molecule has 2 rings (SSSR count). The fourth-order valence-corrected chi connectivity index (χ4v) is 2.52. The van der Waals surface area contributed by atoms with Gasteiger partial charge in [-0.15, -0.1) is 0 Å². The van der Waals surface area contributed by atoms with Crippen LogP contribution < -0.4 is 0 Å². The highest BCUT2D eigenvalue weighted by Gasteiger charge is 2.30. The summed E-state index contributed by atoms with van der Waals surface area (Å²) in [5.74, 6) is -0.622. The van der Waals surface area contributed by atoms with E-state index in [2.05, 4.69) is 0 Å². The Bertz CT molecular complexity index is 586. The maximum Gasteiger partial charge on any atom is 0.310 e. The van der Waals surface area contributed by atoms with Crippen molar-refractivity contribution in [3.05, 3.63) is 39.9 Å². The number of esters is 1. The summed E-state index contributed by atoms with van der Waals surface area (Å²) in [5.41, 5.74) is 0.793. The van der Waals surface area contributed by atoms with E-state index < -0.39 is 0 Å². The van der Waals surface area contributed by atoms with Gasteiger partial charge in [0.25, 0.3) is 0 Å². The predicted octanol–water partition coefficient (Wildman–Crippen LogP) is 3.03. The Morgan fingerprint density at radius 2 is 2.10 bits per heavy atom. The highest BCUT2D eigenvalue weighted by Crippen LogP contribution is 2.23. The molecule has 1 atom stereocenters. The number of carbonyl (C=O) groups excluding carboxylic acids is 2. The number of likely N-dealkylation sites (tertiary alicyclic amines) is 1. The van der Waals surface area contributed by atoms with E-state index in [0.717, 1.165) is 5.56 Å². The fourth-order valence-electron chi connectivity index (χ4n) is 2.21. The Kier molecular flexibility index (Phi) is 5.26. The third kappa shape index (κ3) is 3.99. The van der Waals surface area contributed by atoms with Crippen molar-refractivity contribution in [1.82, 2.24) is 4.90 Å². The van der Waals surface area contributed by atoms with Crippen molar-refractivity contribution in [2.24, 2.45) is 5.92 Å². The molecule has 112 valence electrons. The normalized spacial score (nSPS) is 18.2. The topological polar surface area (TPSA) is 46.6 Å². The summed E-state index contributed by atoms with van der Waals surface area (Å²) in [6, 6.07) is 5.14. The number of halogens is 2. The van der Waals surface area contributed by atoms with Crippen LogP contribution in [-0.2, 0) is 14.3 Å². The monoisotopic (exact) mass is 327 g/mol. The molecule has 1 unspecified atom stereocenters. The number of rotatable bonds is 3. The van der Waals surface area contributed by atoms with Gasteiger partial charge in [0.15, 0.2) is 0 Å². The number of benzene rings is 1. The van der Waals surface area contributed by atoms with Gasteiger partial charge in [-0.1, -0.05) is 29.3 Å². The van der Waals surface area contributed by atoms with Crippen LogP contribution in [0.4, 0.5) is 0 Å². The molecule has 1 fully saturated rings. The average Bonchev–Trinajstić information content (AvgIpc) is 2.97. The Morgan fingerprint density at radius 3 is 2.76 bits per heavy atom. The first-order valence-electron chi connectivity index (χ1n) is 6.51. The number of amides is 1. The van der Waals surface area contributed by atoms with E-state index >= 15 is 0 Å². The molecule has 0 bridgehead atoms. The van der Waals surface area contributed by atoms with Crippen LogP contribution in [0.3, 0.4) is 0 Å². The first-order chi connectivity index (χ1) is 10.0. The Morgan fingerprint density at radius 1 is 1.33 bits per heavy atom. The van der Waals surface area contributed by atoms with Crippen LogP contribution in [0.5, 0.6) is 0 Å². The summed E-state index contributed by atoms with van der Waals surface area (Å²) in [4.78, 5) is 25.1. The second kappa shape index (κ2) is 6.96. The van der Waals surface area contributed by atoms with Gasteiger partial charge in [0.05, 0.1) is 23.1 Å². The zero-order valence-corrected chi connectivity index (χ0v) is 13.0. The third-order valence-electron chi connectivity index (χ3n) is 3.40.